The molecule has 1 atom stereocenters. The average molecular weight is 333 g/mol. The predicted octanol–water partition coefficient (Wildman–Crippen LogP) is -1.24. The quantitative estimate of drug-likeness (QED) is 0.695. The van der Waals surface area contributed by atoms with Crippen LogP contribution in [0.25, 0.3) is 0 Å². The highest BCUT2D eigenvalue weighted by molar-refractivity contribution is 7.88. The number of nitrogens with two attached hydrogens (primary N) is 1. The molecule has 2 aliphatic heterocycles. The van der Waals surface area contributed by atoms with E-state index in [-0.39, 0.29) is 37.4 Å². The average Bonchev–Trinajstić information content (AvgIpc) is 2.45. The molecular formula is C13H23N3O5S. The molecule has 2 rings (SSSR count). The molecule has 22 heavy (non-hydrogen) atoms. The Morgan fingerprint density at radius 3 is 2.32 bits per heavy atom. The van der Waals surface area contributed by atoms with E-state index in [2.05, 4.69) is 0 Å². The largest absolute Gasteiger partial charge is 0.369 e. The third-order valence-electron chi connectivity index (χ3n) is 4.35. The maximum atomic E-state index is 12.7. The molecule has 9 heteroatoms. The number of carbonyl (C=O) groups is 2. The summed E-state index contributed by atoms with van der Waals surface area (Å²) in [6, 6.07) is 0. The number of morpholine rings is 1. The first kappa shape index (κ1) is 17.2. The van der Waals surface area contributed by atoms with Crippen molar-refractivity contribution < 1.29 is 22.7 Å². The van der Waals surface area contributed by atoms with Gasteiger partial charge in [0.2, 0.25) is 15.9 Å². The molecule has 126 valence electrons. The van der Waals surface area contributed by atoms with E-state index in [1.807, 2.05) is 0 Å². The molecule has 0 aromatic carbocycles. The van der Waals surface area contributed by atoms with E-state index in [4.69, 9.17) is 10.5 Å². The van der Waals surface area contributed by atoms with Gasteiger partial charge in [-0.25, -0.2) is 8.42 Å². The molecule has 0 aromatic rings. The van der Waals surface area contributed by atoms with Crippen molar-refractivity contribution in [2.24, 2.45) is 11.7 Å². The lowest BCUT2D eigenvalue weighted by Crippen LogP contribution is -2.60. The number of nitrogens with zero attached hydrogens (tertiary/aromatic N) is 2. The second kappa shape index (κ2) is 6.13. The van der Waals surface area contributed by atoms with Crippen LogP contribution in [-0.4, -0.2) is 74.1 Å². The van der Waals surface area contributed by atoms with Gasteiger partial charge < -0.3 is 15.4 Å². The molecule has 0 saturated carbocycles. The molecule has 0 bridgehead atoms. The zero-order valence-corrected chi connectivity index (χ0v) is 13.8. The van der Waals surface area contributed by atoms with Gasteiger partial charge in [0.15, 0.2) is 5.60 Å². The minimum atomic E-state index is -3.36. The van der Waals surface area contributed by atoms with Crippen LogP contribution in [0, 0.1) is 5.92 Å². The summed E-state index contributed by atoms with van der Waals surface area (Å²) in [5.41, 5.74) is 4.10. The summed E-state index contributed by atoms with van der Waals surface area (Å²) in [4.78, 5) is 25.5. The van der Waals surface area contributed by atoms with Gasteiger partial charge >= 0.3 is 0 Å². The van der Waals surface area contributed by atoms with Crippen LogP contribution in [0.2, 0.25) is 0 Å². The highest BCUT2D eigenvalue weighted by Crippen LogP contribution is 2.25. The molecule has 2 saturated heterocycles. The summed E-state index contributed by atoms with van der Waals surface area (Å²) >= 11 is 0. The van der Waals surface area contributed by atoms with Crippen LogP contribution in [0.4, 0.5) is 0 Å². The third-order valence-corrected chi connectivity index (χ3v) is 5.60. The van der Waals surface area contributed by atoms with Gasteiger partial charge in [-0.15, -0.1) is 0 Å². The normalized spacial score (nSPS) is 28.5. The lowest BCUT2D eigenvalue weighted by Gasteiger charge is -2.42. The highest BCUT2D eigenvalue weighted by Gasteiger charge is 2.44. The summed E-state index contributed by atoms with van der Waals surface area (Å²) in [5.74, 6) is -0.768. The van der Waals surface area contributed by atoms with Crippen LogP contribution in [-0.2, 0) is 24.3 Å². The Balaban J connectivity index is 2.04. The number of hydrogen-bond acceptors (Lipinski definition) is 5. The van der Waals surface area contributed by atoms with Crippen LogP contribution in [0.3, 0.4) is 0 Å². The van der Waals surface area contributed by atoms with Gasteiger partial charge in [-0.3, -0.25) is 9.59 Å². The zero-order valence-electron chi connectivity index (χ0n) is 12.9. The van der Waals surface area contributed by atoms with E-state index in [0.717, 1.165) is 6.26 Å². The first-order valence-corrected chi connectivity index (χ1v) is 9.16. The molecular weight excluding hydrogens is 310 g/mol. The van der Waals surface area contributed by atoms with E-state index in [0.29, 0.717) is 25.9 Å². The lowest BCUT2D eigenvalue weighted by molar-refractivity contribution is -0.165. The van der Waals surface area contributed by atoms with Gasteiger partial charge in [0.1, 0.15) is 0 Å². The number of ether oxygens (including phenoxy) is 1. The van der Waals surface area contributed by atoms with Gasteiger partial charge in [0.25, 0.3) is 5.91 Å². The molecule has 2 N–H and O–H groups in total. The molecule has 2 amide bonds. The van der Waals surface area contributed by atoms with Crippen LogP contribution >= 0.6 is 0 Å². The fraction of sp³-hybridized carbons (Fsp3) is 0.846. The van der Waals surface area contributed by atoms with Crippen molar-refractivity contribution in [1.82, 2.24) is 9.21 Å². The Morgan fingerprint density at radius 2 is 1.82 bits per heavy atom. The first-order chi connectivity index (χ1) is 10.1. The predicted molar refractivity (Wildman–Crippen MR) is 79.3 cm³/mol. The van der Waals surface area contributed by atoms with Gasteiger partial charge in [-0.05, 0) is 19.8 Å². The number of amides is 2. The van der Waals surface area contributed by atoms with E-state index in [1.165, 1.54) is 4.31 Å². The number of hydrogen-bond donors (Lipinski definition) is 1. The fourth-order valence-corrected chi connectivity index (χ4v) is 3.84. The van der Waals surface area contributed by atoms with Crippen LogP contribution in [0.1, 0.15) is 19.8 Å². The maximum Gasteiger partial charge on any atom is 0.255 e. The molecule has 2 fully saturated rings. The van der Waals surface area contributed by atoms with Crippen LogP contribution < -0.4 is 5.73 Å². The van der Waals surface area contributed by atoms with Crippen molar-refractivity contribution in [3.63, 3.8) is 0 Å². The number of primary amides is 1. The molecule has 0 spiro atoms. The van der Waals surface area contributed by atoms with Gasteiger partial charge in [0, 0.05) is 25.6 Å². The molecule has 2 aliphatic rings. The summed E-state index contributed by atoms with van der Waals surface area (Å²) in [7, 11) is -3.36. The Kier molecular flexibility index (Phi) is 4.78. The standard InChI is InChI=1S/C13H23N3O5S/c1-13(9-16(7-8-21-13)22(2,19)20)12(18)15-5-3-10(4-6-15)11(14)17/h10H,3-9H2,1-2H3,(H2,14,17). The minimum Gasteiger partial charge on any atom is -0.369 e. The smallest absolute Gasteiger partial charge is 0.255 e. The summed E-state index contributed by atoms with van der Waals surface area (Å²) in [6.45, 7) is 2.94. The lowest BCUT2D eigenvalue weighted by atomic mass is 9.94. The molecule has 0 aliphatic carbocycles. The van der Waals surface area contributed by atoms with Crippen molar-refractivity contribution in [3.8, 4) is 0 Å². The number of likely N-dealkylation sites (tertiary alicyclic amines) is 1. The van der Waals surface area contributed by atoms with E-state index >= 15 is 0 Å². The Hall–Kier alpha value is -1.19. The van der Waals surface area contributed by atoms with E-state index < -0.39 is 15.6 Å². The second-order valence-corrected chi connectivity index (χ2v) is 8.13. The van der Waals surface area contributed by atoms with Crippen molar-refractivity contribution >= 4 is 21.8 Å². The van der Waals surface area contributed by atoms with Crippen LogP contribution in [0.5, 0.6) is 0 Å². The van der Waals surface area contributed by atoms with Gasteiger partial charge in [-0.2, -0.15) is 4.31 Å². The molecule has 2 heterocycles. The SMILES string of the molecule is CC1(C(=O)N2CCC(C(N)=O)CC2)CN(S(C)(=O)=O)CCO1. The number of sulfonamides is 1. The molecule has 8 nitrogen and oxygen atoms in total. The maximum absolute atomic E-state index is 12.7. The Labute approximate surface area is 130 Å². The minimum absolute atomic E-state index is 0.0143. The topological polar surface area (TPSA) is 110 Å². The van der Waals surface area contributed by atoms with Crippen LogP contribution in [0.15, 0.2) is 0 Å². The number of carbonyl (C=O) groups excluding carboxylic acids is 2. The third kappa shape index (κ3) is 3.58. The molecule has 1 unspecified atom stereocenters. The number of rotatable bonds is 3. The van der Waals surface area contributed by atoms with Crippen molar-refractivity contribution in [1.29, 1.82) is 0 Å². The summed E-state index contributed by atoms with van der Waals surface area (Å²) in [5, 5.41) is 0. The van der Waals surface area contributed by atoms with Crippen molar-refractivity contribution in [3.05, 3.63) is 0 Å². The first-order valence-electron chi connectivity index (χ1n) is 7.31. The van der Waals surface area contributed by atoms with Crippen molar-refractivity contribution in [2.45, 2.75) is 25.4 Å². The van der Waals surface area contributed by atoms with E-state index in [9.17, 15) is 18.0 Å². The van der Waals surface area contributed by atoms with Crippen molar-refractivity contribution in [2.75, 3.05) is 39.0 Å². The van der Waals surface area contributed by atoms with E-state index in [1.54, 1.807) is 11.8 Å². The fourth-order valence-electron chi connectivity index (χ4n) is 2.95. The number of piperidine rings is 1. The molecule has 0 aromatic heterocycles. The zero-order chi connectivity index (χ0) is 16.5. The summed E-state index contributed by atoms with van der Waals surface area (Å²) < 4.78 is 30.2. The Bertz CT molecular complexity index is 556. The van der Waals surface area contributed by atoms with Gasteiger partial charge in [0.05, 0.1) is 19.4 Å². The monoisotopic (exact) mass is 333 g/mol. The second-order valence-electron chi connectivity index (χ2n) is 6.14. The summed E-state index contributed by atoms with van der Waals surface area (Å²) in [6.07, 6.45) is 2.20. The Morgan fingerprint density at radius 1 is 1.23 bits per heavy atom. The van der Waals surface area contributed by atoms with Gasteiger partial charge in [-0.1, -0.05) is 0 Å². The molecule has 0 radical (unpaired) electrons. The highest BCUT2D eigenvalue weighted by atomic mass is 32.2.